The number of nitrogens with one attached hydrogen (secondary N) is 1. The average molecular weight is 267 g/mol. The quantitative estimate of drug-likeness (QED) is 0.879. The summed E-state index contributed by atoms with van der Waals surface area (Å²) in [5, 5.41) is 13.9. The van der Waals surface area contributed by atoms with E-state index in [1.54, 1.807) is 11.3 Å². The van der Waals surface area contributed by atoms with Crippen LogP contribution in [0.2, 0.25) is 0 Å². The van der Waals surface area contributed by atoms with Crippen LogP contribution >= 0.6 is 11.3 Å². The minimum absolute atomic E-state index is 0.00523. The van der Waals surface area contributed by atoms with Gasteiger partial charge in [0.05, 0.1) is 12.5 Å². The second-order valence-electron chi connectivity index (χ2n) is 4.70. The zero-order chi connectivity index (χ0) is 13.0. The Labute approximate surface area is 110 Å². The molecule has 1 heterocycles. The predicted octanol–water partition coefficient (Wildman–Crippen LogP) is 2.26. The van der Waals surface area contributed by atoms with Crippen molar-refractivity contribution >= 4 is 23.2 Å². The highest BCUT2D eigenvalue weighted by atomic mass is 32.1. The van der Waals surface area contributed by atoms with Gasteiger partial charge in [0.2, 0.25) is 5.91 Å². The lowest BCUT2D eigenvalue weighted by Crippen LogP contribution is -2.34. The number of carbonyl (C=O) groups is 2. The predicted molar refractivity (Wildman–Crippen MR) is 69.2 cm³/mol. The lowest BCUT2D eigenvalue weighted by atomic mass is 9.81. The minimum atomic E-state index is -0.772. The number of rotatable bonds is 4. The van der Waals surface area contributed by atoms with Crippen LogP contribution < -0.4 is 5.32 Å². The van der Waals surface area contributed by atoms with Crippen LogP contribution in [0.5, 0.6) is 0 Å². The molecule has 0 aromatic carbocycles. The van der Waals surface area contributed by atoms with Crippen LogP contribution in [0, 0.1) is 11.8 Å². The Balaban J connectivity index is 1.83. The summed E-state index contributed by atoms with van der Waals surface area (Å²) in [5.74, 6) is -1.27. The first-order chi connectivity index (χ1) is 8.66. The molecule has 2 atom stereocenters. The number of carbonyl (C=O) groups excluding carboxylic acids is 1. The van der Waals surface area contributed by atoms with Crippen LogP contribution in [-0.4, -0.2) is 17.0 Å². The van der Waals surface area contributed by atoms with E-state index in [1.165, 1.54) is 0 Å². The fraction of sp³-hybridized carbons (Fsp3) is 0.538. The second kappa shape index (κ2) is 6.00. The van der Waals surface area contributed by atoms with E-state index in [1.807, 2.05) is 17.5 Å². The van der Waals surface area contributed by atoms with Gasteiger partial charge in [0, 0.05) is 10.8 Å². The number of carboxylic acid groups (broad SMARTS) is 1. The number of hydrogen-bond acceptors (Lipinski definition) is 3. The van der Waals surface area contributed by atoms with Crippen molar-refractivity contribution < 1.29 is 14.7 Å². The number of aliphatic carboxylic acids is 1. The Morgan fingerprint density at radius 2 is 2.17 bits per heavy atom. The fourth-order valence-electron chi connectivity index (χ4n) is 2.38. The van der Waals surface area contributed by atoms with Gasteiger partial charge in [0.1, 0.15) is 0 Å². The molecular formula is C13H17NO3S. The van der Waals surface area contributed by atoms with E-state index >= 15 is 0 Å². The Morgan fingerprint density at radius 1 is 1.39 bits per heavy atom. The monoisotopic (exact) mass is 267 g/mol. The normalized spacial score (nSPS) is 23.6. The van der Waals surface area contributed by atoms with Crippen LogP contribution in [0.1, 0.15) is 30.6 Å². The summed E-state index contributed by atoms with van der Waals surface area (Å²) in [4.78, 5) is 24.0. The lowest BCUT2D eigenvalue weighted by molar-refractivity contribution is -0.144. The lowest BCUT2D eigenvalue weighted by Gasteiger charge is -2.25. The molecule has 98 valence electrons. The summed E-state index contributed by atoms with van der Waals surface area (Å²) in [7, 11) is 0. The van der Waals surface area contributed by atoms with Crippen LogP contribution in [0.3, 0.4) is 0 Å². The smallest absolute Gasteiger partial charge is 0.306 e. The minimum Gasteiger partial charge on any atom is -0.481 e. The van der Waals surface area contributed by atoms with Crippen molar-refractivity contribution in [2.45, 2.75) is 32.2 Å². The molecule has 2 N–H and O–H groups in total. The van der Waals surface area contributed by atoms with Crippen LogP contribution in [-0.2, 0) is 16.1 Å². The molecule has 5 heteroatoms. The third kappa shape index (κ3) is 3.32. The van der Waals surface area contributed by atoms with E-state index in [9.17, 15) is 9.59 Å². The first kappa shape index (κ1) is 13.1. The molecule has 0 aliphatic heterocycles. The van der Waals surface area contributed by atoms with Gasteiger partial charge in [-0.05, 0) is 30.7 Å². The third-order valence-corrected chi connectivity index (χ3v) is 4.29. The van der Waals surface area contributed by atoms with Crippen LogP contribution in [0.4, 0.5) is 0 Å². The Kier molecular flexibility index (Phi) is 4.36. The fourth-order valence-corrected chi connectivity index (χ4v) is 3.03. The van der Waals surface area contributed by atoms with Crippen molar-refractivity contribution in [2.75, 3.05) is 0 Å². The largest absolute Gasteiger partial charge is 0.481 e. The zero-order valence-corrected chi connectivity index (χ0v) is 10.9. The maximum atomic E-state index is 12.0. The highest BCUT2D eigenvalue weighted by Gasteiger charge is 2.30. The average Bonchev–Trinajstić information content (AvgIpc) is 2.89. The van der Waals surface area contributed by atoms with Crippen molar-refractivity contribution in [2.24, 2.45) is 11.8 Å². The summed E-state index contributed by atoms with van der Waals surface area (Å²) in [6.07, 6.45) is 2.81. The van der Waals surface area contributed by atoms with Gasteiger partial charge < -0.3 is 10.4 Å². The topological polar surface area (TPSA) is 66.4 Å². The van der Waals surface area contributed by atoms with Gasteiger partial charge in [0.15, 0.2) is 0 Å². The van der Waals surface area contributed by atoms with Gasteiger partial charge >= 0.3 is 5.97 Å². The van der Waals surface area contributed by atoms with E-state index in [0.29, 0.717) is 19.4 Å². The molecule has 0 bridgehead atoms. The molecule has 1 aromatic rings. The van der Waals surface area contributed by atoms with Crippen molar-refractivity contribution in [3.05, 3.63) is 22.4 Å². The summed E-state index contributed by atoms with van der Waals surface area (Å²) in [6, 6.07) is 3.93. The molecule has 1 aromatic heterocycles. The molecular weight excluding hydrogens is 250 g/mol. The molecule has 18 heavy (non-hydrogen) atoms. The second-order valence-corrected chi connectivity index (χ2v) is 5.73. The first-order valence-electron chi connectivity index (χ1n) is 6.19. The van der Waals surface area contributed by atoms with E-state index < -0.39 is 5.97 Å². The number of thiophene rings is 1. The molecule has 1 aliphatic rings. The molecule has 2 rings (SSSR count). The van der Waals surface area contributed by atoms with Crippen LogP contribution in [0.25, 0.3) is 0 Å². The molecule has 1 aliphatic carbocycles. The third-order valence-electron chi connectivity index (χ3n) is 3.41. The number of carboxylic acids is 1. The van der Waals surface area contributed by atoms with Gasteiger partial charge in [-0.1, -0.05) is 12.5 Å². The zero-order valence-electron chi connectivity index (χ0n) is 10.1. The van der Waals surface area contributed by atoms with Crippen molar-refractivity contribution in [3.63, 3.8) is 0 Å². The van der Waals surface area contributed by atoms with Crippen molar-refractivity contribution in [1.82, 2.24) is 5.32 Å². The maximum absolute atomic E-state index is 12.0. The Hall–Kier alpha value is -1.36. The summed E-state index contributed by atoms with van der Waals surface area (Å²) >= 11 is 1.61. The molecule has 0 spiro atoms. The highest BCUT2D eigenvalue weighted by Crippen LogP contribution is 2.29. The molecule has 1 amide bonds. The summed E-state index contributed by atoms with van der Waals surface area (Å²) in [5.41, 5.74) is 0. The first-order valence-corrected chi connectivity index (χ1v) is 7.07. The van der Waals surface area contributed by atoms with E-state index in [0.717, 1.165) is 17.7 Å². The van der Waals surface area contributed by atoms with Gasteiger partial charge in [-0.15, -0.1) is 11.3 Å². The molecule has 0 saturated heterocycles. The highest BCUT2D eigenvalue weighted by molar-refractivity contribution is 7.09. The van der Waals surface area contributed by atoms with Gasteiger partial charge in [0.25, 0.3) is 0 Å². The van der Waals surface area contributed by atoms with Crippen molar-refractivity contribution in [3.8, 4) is 0 Å². The Bertz CT molecular complexity index is 416. The van der Waals surface area contributed by atoms with Crippen LogP contribution in [0.15, 0.2) is 17.5 Å². The van der Waals surface area contributed by atoms with Gasteiger partial charge in [-0.2, -0.15) is 0 Å². The molecule has 1 saturated carbocycles. The van der Waals surface area contributed by atoms with E-state index in [4.69, 9.17) is 5.11 Å². The summed E-state index contributed by atoms with van der Waals surface area (Å²) < 4.78 is 0. The van der Waals surface area contributed by atoms with E-state index in [2.05, 4.69) is 5.32 Å². The molecule has 4 nitrogen and oxygen atoms in total. The standard InChI is InChI=1S/C13H17NO3S/c15-12(14-8-11-5-2-6-18-11)9-3-1-4-10(7-9)13(16)17/h2,5-6,9-10H,1,3-4,7-8H2,(H,14,15)(H,16,17). The molecule has 0 radical (unpaired) electrons. The number of hydrogen-bond donors (Lipinski definition) is 2. The van der Waals surface area contributed by atoms with E-state index in [-0.39, 0.29) is 17.7 Å². The Morgan fingerprint density at radius 3 is 2.83 bits per heavy atom. The van der Waals surface area contributed by atoms with Crippen molar-refractivity contribution in [1.29, 1.82) is 0 Å². The maximum Gasteiger partial charge on any atom is 0.306 e. The van der Waals surface area contributed by atoms with Gasteiger partial charge in [-0.25, -0.2) is 0 Å². The molecule has 2 unspecified atom stereocenters. The molecule has 1 fully saturated rings. The SMILES string of the molecule is O=C(O)C1CCCC(C(=O)NCc2cccs2)C1. The summed E-state index contributed by atoms with van der Waals surface area (Å²) in [6.45, 7) is 0.546. The number of amides is 1. The van der Waals surface area contributed by atoms with Gasteiger partial charge in [-0.3, -0.25) is 9.59 Å².